The molecule has 3 N–H and O–H groups in total. The molecule has 3 rings (SSSR count). The Morgan fingerprint density at radius 3 is 2.76 bits per heavy atom. The summed E-state index contributed by atoms with van der Waals surface area (Å²) in [6.07, 6.45) is 6.17. The molecule has 0 aromatic carbocycles. The molecule has 1 aromatic rings. The van der Waals surface area contributed by atoms with Gasteiger partial charge in [-0.25, -0.2) is 9.78 Å². The average molecular weight is 290 g/mol. The van der Waals surface area contributed by atoms with Gasteiger partial charge in [0, 0.05) is 24.3 Å². The third-order valence-electron chi connectivity index (χ3n) is 4.24. The van der Waals surface area contributed by atoms with Crippen LogP contribution in [0.2, 0.25) is 0 Å². The van der Waals surface area contributed by atoms with Gasteiger partial charge in [-0.05, 0) is 44.2 Å². The van der Waals surface area contributed by atoms with Crippen molar-refractivity contribution < 1.29 is 9.53 Å². The van der Waals surface area contributed by atoms with Crippen LogP contribution < -0.4 is 20.7 Å². The van der Waals surface area contributed by atoms with Crippen molar-refractivity contribution in [2.45, 2.75) is 50.7 Å². The minimum Gasteiger partial charge on any atom is -0.480 e. The number of ether oxygens (including phenoxy) is 1. The lowest BCUT2D eigenvalue weighted by atomic mass is 10.0. The van der Waals surface area contributed by atoms with Crippen LogP contribution in [0, 0.1) is 6.92 Å². The molecular formula is C15H22N4O2. The Morgan fingerprint density at radius 2 is 2.10 bits per heavy atom. The van der Waals surface area contributed by atoms with Crippen molar-refractivity contribution in [3.63, 3.8) is 0 Å². The van der Waals surface area contributed by atoms with Gasteiger partial charge >= 0.3 is 6.03 Å². The number of methoxy groups -OCH3 is 1. The Balaban J connectivity index is 1.60. The molecule has 2 aliphatic rings. The SMILES string of the molecule is COc1ncc(C)cc1NC(=O)NC1CC2CCC(C1)N2. The molecule has 0 saturated carbocycles. The van der Waals surface area contributed by atoms with Gasteiger partial charge in [-0.3, -0.25) is 0 Å². The van der Waals surface area contributed by atoms with Crippen molar-refractivity contribution in [1.29, 1.82) is 0 Å². The molecule has 0 aliphatic carbocycles. The van der Waals surface area contributed by atoms with Crippen molar-refractivity contribution in [3.05, 3.63) is 17.8 Å². The molecule has 114 valence electrons. The number of carbonyl (C=O) groups excluding carboxylic acids is 1. The van der Waals surface area contributed by atoms with E-state index >= 15 is 0 Å². The number of aromatic nitrogens is 1. The normalized spacial score (nSPS) is 27.2. The summed E-state index contributed by atoms with van der Waals surface area (Å²) < 4.78 is 5.17. The first-order valence-electron chi connectivity index (χ1n) is 7.48. The number of hydrogen-bond donors (Lipinski definition) is 3. The maximum Gasteiger partial charge on any atom is 0.319 e. The van der Waals surface area contributed by atoms with Gasteiger partial charge in [0.25, 0.3) is 0 Å². The summed E-state index contributed by atoms with van der Waals surface area (Å²) in [5.74, 6) is 0.432. The molecular weight excluding hydrogens is 268 g/mol. The van der Waals surface area contributed by atoms with E-state index in [0.717, 1.165) is 18.4 Å². The van der Waals surface area contributed by atoms with E-state index in [9.17, 15) is 4.79 Å². The topological polar surface area (TPSA) is 75.3 Å². The summed E-state index contributed by atoms with van der Waals surface area (Å²) in [5.41, 5.74) is 1.58. The van der Waals surface area contributed by atoms with Crippen LogP contribution in [-0.2, 0) is 0 Å². The number of urea groups is 1. The molecule has 2 atom stereocenters. The fraction of sp³-hybridized carbons (Fsp3) is 0.600. The van der Waals surface area contributed by atoms with E-state index in [1.807, 2.05) is 13.0 Å². The molecule has 0 spiro atoms. The Morgan fingerprint density at radius 1 is 1.38 bits per heavy atom. The number of pyridine rings is 1. The van der Waals surface area contributed by atoms with E-state index in [1.165, 1.54) is 12.8 Å². The van der Waals surface area contributed by atoms with Gasteiger partial charge in [0.1, 0.15) is 5.69 Å². The molecule has 2 bridgehead atoms. The van der Waals surface area contributed by atoms with Crippen molar-refractivity contribution in [1.82, 2.24) is 15.6 Å². The second-order valence-corrected chi connectivity index (χ2v) is 5.97. The Bertz CT molecular complexity index is 522. The van der Waals surface area contributed by atoms with Crippen LogP contribution in [0.4, 0.5) is 10.5 Å². The predicted molar refractivity (Wildman–Crippen MR) is 80.6 cm³/mol. The summed E-state index contributed by atoms with van der Waals surface area (Å²) in [6.45, 7) is 1.93. The summed E-state index contributed by atoms with van der Waals surface area (Å²) in [4.78, 5) is 16.3. The molecule has 6 nitrogen and oxygen atoms in total. The highest BCUT2D eigenvalue weighted by molar-refractivity contribution is 5.90. The zero-order valence-corrected chi connectivity index (χ0v) is 12.5. The van der Waals surface area contributed by atoms with Crippen LogP contribution in [0.15, 0.2) is 12.3 Å². The highest BCUT2D eigenvalue weighted by Crippen LogP contribution is 2.27. The van der Waals surface area contributed by atoms with Crippen LogP contribution in [0.5, 0.6) is 5.88 Å². The Labute approximate surface area is 124 Å². The summed E-state index contributed by atoms with van der Waals surface area (Å²) >= 11 is 0. The van der Waals surface area contributed by atoms with E-state index < -0.39 is 0 Å². The number of fused-ring (bicyclic) bond motifs is 2. The first kappa shape index (κ1) is 14.1. The Hall–Kier alpha value is -1.82. The highest BCUT2D eigenvalue weighted by Gasteiger charge is 2.34. The molecule has 2 unspecified atom stereocenters. The van der Waals surface area contributed by atoms with Gasteiger partial charge < -0.3 is 20.7 Å². The Kier molecular flexibility index (Phi) is 3.96. The van der Waals surface area contributed by atoms with Gasteiger partial charge in [-0.2, -0.15) is 0 Å². The number of rotatable bonds is 3. The molecule has 21 heavy (non-hydrogen) atoms. The second kappa shape index (κ2) is 5.89. The van der Waals surface area contributed by atoms with E-state index in [2.05, 4.69) is 20.9 Å². The first-order valence-corrected chi connectivity index (χ1v) is 7.48. The quantitative estimate of drug-likeness (QED) is 0.793. The van der Waals surface area contributed by atoms with E-state index in [4.69, 9.17) is 4.74 Å². The molecule has 1 aromatic heterocycles. The molecule has 2 saturated heterocycles. The van der Waals surface area contributed by atoms with Gasteiger partial charge in [0.05, 0.1) is 7.11 Å². The largest absolute Gasteiger partial charge is 0.480 e. The lowest BCUT2D eigenvalue weighted by Gasteiger charge is -2.29. The van der Waals surface area contributed by atoms with E-state index in [0.29, 0.717) is 23.7 Å². The monoisotopic (exact) mass is 290 g/mol. The minimum atomic E-state index is -0.188. The number of anilines is 1. The molecule has 3 heterocycles. The number of aryl methyl sites for hydroxylation is 1. The number of hydrogen-bond acceptors (Lipinski definition) is 4. The third-order valence-corrected chi connectivity index (χ3v) is 4.24. The van der Waals surface area contributed by atoms with E-state index in [1.54, 1.807) is 13.3 Å². The predicted octanol–water partition coefficient (Wildman–Crippen LogP) is 1.80. The minimum absolute atomic E-state index is 0.188. The molecule has 0 radical (unpaired) electrons. The van der Waals surface area contributed by atoms with Gasteiger partial charge in [-0.15, -0.1) is 0 Å². The van der Waals surface area contributed by atoms with Gasteiger partial charge in [-0.1, -0.05) is 0 Å². The summed E-state index contributed by atoms with van der Waals surface area (Å²) in [5, 5.41) is 9.47. The van der Waals surface area contributed by atoms with Crippen LogP contribution in [0.25, 0.3) is 0 Å². The van der Waals surface area contributed by atoms with E-state index in [-0.39, 0.29) is 12.1 Å². The van der Waals surface area contributed by atoms with Crippen molar-refractivity contribution in [2.75, 3.05) is 12.4 Å². The number of nitrogens with zero attached hydrogens (tertiary/aromatic N) is 1. The molecule has 6 heteroatoms. The van der Waals surface area contributed by atoms with Crippen molar-refractivity contribution in [2.24, 2.45) is 0 Å². The standard InChI is InChI=1S/C15H22N4O2/c1-9-5-13(14(21-2)16-8-9)19-15(20)18-12-6-10-3-4-11(7-12)17-10/h5,8,10-12,17H,3-4,6-7H2,1-2H3,(H2,18,19,20). The lowest BCUT2D eigenvalue weighted by molar-refractivity contribution is 0.240. The van der Waals surface area contributed by atoms with Crippen LogP contribution in [-0.4, -0.2) is 36.3 Å². The lowest BCUT2D eigenvalue weighted by Crippen LogP contribution is -2.49. The first-order chi connectivity index (χ1) is 10.1. The van der Waals surface area contributed by atoms with Crippen LogP contribution in [0.3, 0.4) is 0 Å². The fourth-order valence-electron chi connectivity index (χ4n) is 3.33. The van der Waals surface area contributed by atoms with Gasteiger partial charge in [0.15, 0.2) is 0 Å². The maximum absolute atomic E-state index is 12.2. The summed E-state index contributed by atoms with van der Waals surface area (Å²) in [7, 11) is 1.55. The summed E-state index contributed by atoms with van der Waals surface area (Å²) in [6, 6.07) is 3.03. The number of amides is 2. The fourth-order valence-corrected chi connectivity index (χ4v) is 3.33. The van der Waals surface area contributed by atoms with Crippen molar-refractivity contribution in [3.8, 4) is 5.88 Å². The molecule has 2 amide bonds. The zero-order chi connectivity index (χ0) is 14.8. The van der Waals surface area contributed by atoms with Crippen LogP contribution in [0.1, 0.15) is 31.2 Å². The highest BCUT2D eigenvalue weighted by atomic mass is 16.5. The van der Waals surface area contributed by atoms with Crippen molar-refractivity contribution >= 4 is 11.7 Å². The maximum atomic E-state index is 12.2. The zero-order valence-electron chi connectivity index (χ0n) is 12.5. The number of nitrogens with one attached hydrogen (secondary N) is 3. The average Bonchev–Trinajstić information content (AvgIpc) is 2.78. The number of piperidine rings is 1. The smallest absolute Gasteiger partial charge is 0.319 e. The third kappa shape index (κ3) is 3.26. The molecule has 2 aliphatic heterocycles. The van der Waals surface area contributed by atoms with Gasteiger partial charge in [0.2, 0.25) is 5.88 Å². The van der Waals surface area contributed by atoms with Crippen LogP contribution >= 0.6 is 0 Å². The second-order valence-electron chi connectivity index (χ2n) is 5.97. The molecule has 2 fully saturated rings. The number of carbonyl (C=O) groups is 1.